The topological polar surface area (TPSA) is 89.0 Å². The van der Waals surface area contributed by atoms with Gasteiger partial charge in [-0.15, -0.1) is 0 Å². The highest BCUT2D eigenvalue weighted by Gasteiger charge is 2.15. The summed E-state index contributed by atoms with van der Waals surface area (Å²) in [6, 6.07) is 16.7. The zero-order valence-electron chi connectivity index (χ0n) is 17.9. The molecule has 3 aromatic carbocycles. The van der Waals surface area contributed by atoms with Crippen LogP contribution < -0.4 is 20.2 Å². The van der Waals surface area contributed by atoms with Crippen LogP contribution in [0.4, 0.5) is 14.5 Å². The molecule has 3 rings (SSSR count). The number of nitrogens with zero attached hydrogens (tertiary/aromatic N) is 1. The van der Waals surface area contributed by atoms with Crippen LogP contribution in [0.5, 0.6) is 11.5 Å². The predicted molar refractivity (Wildman–Crippen MR) is 119 cm³/mol. The minimum absolute atomic E-state index is 0.0165. The lowest BCUT2D eigenvalue weighted by atomic mass is 10.1. The van der Waals surface area contributed by atoms with Crippen molar-refractivity contribution in [3.8, 4) is 11.5 Å². The summed E-state index contributed by atoms with van der Waals surface area (Å²) in [5.74, 6) is -2.39. The van der Waals surface area contributed by atoms with Crippen LogP contribution >= 0.6 is 0 Å². The number of rotatable bonds is 7. The highest BCUT2D eigenvalue weighted by Crippen LogP contribution is 2.29. The van der Waals surface area contributed by atoms with E-state index in [0.29, 0.717) is 28.3 Å². The highest BCUT2D eigenvalue weighted by molar-refractivity contribution is 6.39. The number of anilines is 1. The standard InChI is InChI=1S/C24H21F2N3O4/c1-15(28-29-24(31)23(30)27-20-10-6-5-9-19(20)26)16-11-12-21(22(13-16)32-2)33-14-17-7-3-4-8-18(17)25/h3-13H,14H2,1-2H3,(H,27,30)(H,29,31)/b28-15+. The SMILES string of the molecule is COc1cc(/C(C)=N/NC(=O)C(=O)Nc2ccccc2F)ccc1OCc1ccccc1F. The predicted octanol–water partition coefficient (Wildman–Crippen LogP) is 4.03. The summed E-state index contributed by atoms with van der Waals surface area (Å²) in [5, 5.41) is 6.08. The second-order valence-corrected chi connectivity index (χ2v) is 6.82. The third-order valence-electron chi connectivity index (χ3n) is 4.58. The van der Waals surface area contributed by atoms with Gasteiger partial charge in [-0.1, -0.05) is 30.3 Å². The number of nitrogens with one attached hydrogen (secondary N) is 2. The Morgan fingerprint density at radius 2 is 1.61 bits per heavy atom. The van der Waals surface area contributed by atoms with Crippen molar-refractivity contribution in [3.63, 3.8) is 0 Å². The number of hydrazone groups is 1. The minimum Gasteiger partial charge on any atom is -0.493 e. The van der Waals surface area contributed by atoms with Crippen molar-refractivity contribution in [2.75, 3.05) is 12.4 Å². The molecule has 0 bridgehead atoms. The Labute approximate surface area is 189 Å². The molecule has 0 aliphatic carbocycles. The number of ether oxygens (including phenoxy) is 2. The summed E-state index contributed by atoms with van der Waals surface area (Å²) in [6.07, 6.45) is 0. The molecule has 0 aromatic heterocycles. The average Bonchev–Trinajstić information content (AvgIpc) is 2.83. The van der Waals surface area contributed by atoms with Crippen molar-refractivity contribution in [1.82, 2.24) is 5.43 Å². The van der Waals surface area contributed by atoms with E-state index in [2.05, 4.69) is 15.8 Å². The average molecular weight is 453 g/mol. The van der Waals surface area contributed by atoms with E-state index in [1.54, 1.807) is 43.3 Å². The molecule has 0 unspecified atom stereocenters. The summed E-state index contributed by atoms with van der Waals surface area (Å²) >= 11 is 0. The summed E-state index contributed by atoms with van der Waals surface area (Å²) in [5.41, 5.74) is 3.37. The number of benzene rings is 3. The maximum Gasteiger partial charge on any atom is 0.329 e. The minimum atomic E-state index is -1.06. The summed E-state index contributed by atoms with van der Waals surface area (Å²) in [7, 11) is 1.45. The number of carbonyl (C=O) groups is 2. The first-order valence-electron chi connectivity index (χ1n) is 9.83. The monoisotopic (exact) mass is 453 g/mol. The second-order valence-electron chi connectivity index (χ2n) is 6.82. The largest absolute Gasteiger partial charge is 0.493 e. The van der Waals surface area contributed by atoms with Crippen molar-refractivity contribution < 1.29 is 27.8 Å². The van der Waals surface area contributed by atoms with Crippen molar-refractivity contribution in [1.29, 1.82) is 0 Å². The zero-order chi connectivity index (χ0) is 23.8. The fourth-order valence-corrected chi connectivity index (χ4v) is 2.77. The smallest absolute Gasteiger partial charge is 0.329 e. The zero-order valence-corrected chi connectivity index (χ0v) is 17.9. The lowest BCUT2D eigenvalue weighted by Gasteiger charge is -2.13. The summed E-state index contributed by atoms with van der Waals surface area (Å²) in [4.78, 5) is 23.9. The van der Waals surface area contributed by atoms with Crippen LogP contribution in [0.3, 0.4) is 0 Å². The van der Waals surface area contributed by atoms with Crippen LogP contribution in [0.25, 0.3) is 0 Å². The maximum absolute atomic E-state index is 13.8. The van der Waals surface area contributed by atoms with Gasteiger partial charge >= 0.3 is 11.8 Å². The van der Waals surface area contributed by atoms with Crippen LogP contribution in [-0.2, 0) is 16.2 Å². The number of carbonyl (C=O) groups excluding carboxylic acids is 2. The molecular formula is C24H21F2N3O4. The number of hydrogen-bond acceptors (Lipinski definition) is 5. The van der Waals surface area contributed by atoms with Gasteiger partial charge in [-0.2, -0.15) is 5.10 Å². The Balaban J connectivity index is 1.64. The number of amides is 2. The summed E-state index contributed by atoms with van der Waals surface area (Å²) in [6.45, 7) is 1.63. The van der Waals surface area contributed by atoms with Gasteiger partial charge in [0.05, 0.1) is 18.5 Å². The Kier molecular flexibility index (Phi) is 7.69. The van der Waals surface area contributed by atoms with E-state index in [1.165, 1.54) is 31.4 Å². The van der Waals surface area contributed by atoms with E-state index in [9.17, 15) is 18.4 Å². The Morgan fingerprint density at radius 3 is 2.30 bits per heavy atom. The van der Waals surface area contributed by atoms with E-state index in [4.69, 9.17) is 9.47 Å². The molecule has 170 valence electrons. The van der Waals surface area contributed by atoms with Crippen LogP contribution in [0.2, 0.25) is 0 Å². The van der Waals surface area contributed by atoms with Gasteiger partial charge in [0, 0.05) is 11.1 Å². The van der Waals surface area contributed by atoms with E-state index in [-0.39, 0.29) is 18.1 Å². The lowest BCUT2D eigenvalue weighted by Crippen LogP contribution is -2.33. The molecule has 0 heterocycles. The Bertz CT molecular complexity index is 1200. The molecule has 7 nitrogen and oxygen atoms in total. The fourth-order valence-electron chi connectivity index (χ4n) is 2.77. The van der Waals surface area contributed by atoms with Gasteiger partial charge in [0.1, 0.15) is 18.2 Å². The quantitative estimate of drug-likeness (QED) is 0.321. The molecule has 0 saturated carbocycles. The molecule has 0 atom stereocenters. The van der Waals surface area contributed by atoms with Gasteiger partial charge in [-0.05, 0) is 43.3 Å². The van der Waals surface area contributed by atoms with Crippen molar-refractivity contribution in [2.45, 2.75) is 13.5 Å². The molecule has 2 N–H and O–H groups in total. The van der Waals surface area contributed by atoms with E-state index in [1.807, 2.05) is 0 Å². The van der Waals surface area contributed by atoms with Crippen LogP contribution in [0.1, 0.15) is 18.1 Å². The number of hydrogen-bond donors (Lipinski definition) is 2. The van der Waals surface area contributed by atoms with Gasteiger partial charge in [0.15, 0.2) is 11.5 Å². The summed E-state index contributed by atoms with van der Waals surface area (Å²) < 4.78 is 38.4. The van der Waals surface area contributed by atoms with Gasteiger partial charge in [-0.3, -0.25) is 9.59 Å². The third-order valence-corrected chi connectivity index (χ3v) is 4.58. The number of halogens is 2. The molecule has 2 amide bonds. The second kappa shape index (κ2) is 10.9. The molecule has 0 radical (unpaired) electrons. The molecule has 9 heteroatoms. The van der Waals surface area contributed by atoms with E-state index in [0.717, 1.165) is 6.07 Å². The molecule has 33 heavy (non-hydrogen) atoms. The van der Waals surface area contributed by atoms with Gasteiger partial charge in [0.2, 0.25) is 0 Å². The first-order chi connectivity index (χ1) is 15.9. The van der Waals surface area contributed by atoms with Gasteiger partial charge in [-0.25, -0.2) is 14.2 Å². The van der Waals surface area contributed by atoms with E-state index >= 15 is 0 Å². The lowest BCUT2D eigenvalue weighted by molar-refractivity contribution is -0.136. The maximum atomic E-state index is 13.8. The molecule has 0 fully saturated rings. The Morgan fingerprint density at radius 1 is 0.909 bits per heavy atom. The fraction of sp³-hybridized carbons (Fsp3) is 0.125. The highest BCUT2D eigenvalue weighted by atomic mass is 19.1. The van der Waals surface area contributed by atoms with E-state index < -0.39 is 17.6 Å². The molecule has 3 aromatic rings. The van der Waals surface area contributed by atoms with Crippen LogP contribution in [0.15, 0.2) is 71.8 Å². The van der Waals surface area contributed by atoms with Crippen LogP contribution in [0, 0.1) is 11.6 Å². The van der Waals surface area contributed by atoms with Crippen molar-refractivity contribution in [3.05, 3.63) is 89.5 Å². The molecule has 0 aliphatic heterocycles. The normalized spacial score (nSPS) is 11.0. The van der Waals surface area contributed by atoms with Gasteiger partial charge in [0.25, 0.3) is 0 Å². The van der Waals surface area contributed by atoms with Crippen LogP contribution in [-0.4, -0.2) is 24.6 Å². The molecular weight excluding hydrogens is 432 g/mol. The first-order valence-corrected chi connectivity index (χ1v) is 9.83. The number of methoxy groups -OCH3 is 1. The molecule has 0 aliphatic rings. The van der Waals surface area contributed by atoms with Crippen molar-refractivity contribution >= 4 is 23.2 Å². The molecule has 0 spiro atoms. The number of para-hydroxylation sites is 1. The Hall–Kier alpha value is -4.27. The van der Waals surface area contributed by atoms with Crippen molar-refractivity contribution in [2.24, 2.45) is 5.10 Å². The molecule has 0 saturated heterocycles. The third kappa shape index (κ3) is 6.13. The van der Waals surface area contributed by atoms with Gasteiger partial charge < -0.3 is 14.8 Å². The first kappa shape index (κ1) is 23.4.